The highest BCUT2D eigenvalue weighted by Gasteiger charge is 2.34. The third-order valence-corrected chi connectivity index (χ3v) is 4.65. The summed E-state index contributed by atoms with van der Waals surface area (Å²) in [6.45, 7) is 5.29. The quantitative estimate of drug-likeness (QED) is 0.853. The van der Waals surface area contributed by atoms with E-state index in [0.717, 1.165) is 57.0 Å². The Morgan fingerprint density at radius 3 is 2.50 bits per heavy atom. The van der Waals surface area contributed by atoms with E-state index in [2.05, 4.69) is 20.2 Å². The maximum absolute atomic E-state index is 12.2. The van der Waals surface area contributed by atoms with E-state index in [-0.39, 0.29) is 0 Å². The highest BCUT2D eigenvalue weighted by Crippen LogP contribution is 2.31. The van der Waals surface area contributed by atoms with E-state index in [0.29, 0.717) is 17.6 Å². The molecule has 0 aromatic carbocycles. The fourth-order valence-electron chi connectivity index (χ4n) is 3.11. The predicted molar refractivity (Wildman–Crippen MR) is 90.0 cm³/mol. The van der Waals surface area contributed by atoms with Crippen LogP contribution < -0.4 is 4.90 Å². The fraction of sp³-hybridized carbons (Fsp3) is 0.529. The molecular weight excluding hydrogens is 304 g/mol. The van der Waals surface area contributed by atoms with E-state index in [1.165, 1.54) is 0 Å². The summed E-state index contributed by atoms with van der Waals surface area (Å²) in [5.74, 6) is 2.22. The van der Waals surface area contributed by atoms with Crippen molar-refractivity contribution in [3.05, 3.63) is 30.1 Å². The van der Waals surface area contributed by atoms with Gasteiger partial charge in [0.2, 0.25) is 5.91 Å². The van der Waals surface area contributed by atoms with Crippen molar-refractivity contribution < 1.29 is 4.79 Å². The SMILES string of the molecule is Cc1ccn(-c2ccc(N3CCCN(C(=O)C4CC4)CC3)nn2)n1. The summed E-state index contributed by atoms with van der Waals surface area (Å²) in [5.41, 5.74) is 0.953. The lowest BCUT2D eigenvalue weighted by Crippen LogP contribution is -2.36. The van der Waals surface area contributed by atoms with Gasteiger partial charge in [0.25, 0.3) is 0 Å². The smallest absolute Gasteiger partial charge is 0.225 e. The molecule has 0 atom stereocenters. The van der Waals surface area contributed by atoms with Gasteiger partial charge in [0.15, 0.2) is 11.6 Å². The summed E-state index contributed by atoms with van der Waals surface area (Å²) in [6, 6.07) is 5.86. The van der Waals surface area contributed by atoms with Crippen molar-refractivity contribution in [3.63, 3.8) is 0 Å². The van der Waals surface area contributed by atoms with Crippen LogP contribution in [0.2, 0.25) is 0 Å². The summed E-state index contributed by atoms with van der Waals surface area (Å²) in [5, 5.41) is 13.0. The van der Waals surface area contributed by atoms with Crippen molar-refractivity contribution in [2.24, 2.45) is 5.92 Å². The number of amides is 1. The summed E-state index contributed by atoms with van der Waals surface area (Å²) < 4.78 is 1.73. The Hall–Kier alpha value is -2.44. The molecule has 1 aliphatic carbocycles. The maximum atomic E-state index is 12.2. The van der Waals surface area contributed by atoms with Crippen LogP contribution in [-0.4, -0.2) is 57.0 Å². The molecule has 1 saturated heterocycles. The highest BCUT2D eigenvalue weighted by molar-refractivity contribution is 5.81. The first-order valence-corrected chi connectivity index (χ1v) is 8.61. The van der Waals surface area contributed by atoms with E-state index in [4.69, 9.17) is 0 Å². The second-order valence-corrected chi connectivity index (χ2v) is 6.59. The number of carbonyl (C=O) groups excluding carboxylic acids is 1. The Bertz CT molecular complexity index is 721. The van der Waals surface area contributed by atoms with Gasteiger partial charge in [0.05, 0.1) is 5.69 Å². The number of hydrogen-bond acceptors (Lipinski definition) is 5. The molecule has 4 rings (SSSR count). The van der Waals surface area contributed by atoms with Crippen LogP contribution in [-0.2, 0) is 4.79 Å². The first-order chi connectivity index (χ1) is 11.7. The molecule has 0 bridgehead atoms. The molecule has 7 heteroatoms. The van der Waals surface area contributed by atoms with Gasteiger partial charge >= 0.3 is 0 Å². The summed E-state index contributed by atoms with van der Waals surface area (Å²) in [6.07, 6.45) is 4.99. The zero-order valence-corrected chi connectivity index (χ0v) is 13.9. The van der Waals surface area contributed by atoms with Crippen molar-refractivity contribution in [2.45, 2.75) is 26.2 Å². The lowest BCUT2D eigenvalue weighted by atomic mass is 10.3. The van der Waals surface area contributed by atoms with Crippen molar-refractivity contribution in [3.8, 4) is 5.82 Å². The molecular formula is C17H22N6O. The number of aromatic nitrogens is 4. The van der Waals surface area contributed by atoms with Gasteiger partial charge in [0.1, 0.15) is 0 Å². The second kappa shape index (κ2) is 6.22. The standard InChI is InChI=1S/C17H22N6O/c1-13-7-10-23(20-13)16-6-5-15(18-19-16)21-8-2-9-22(12-11-21)17(24)14-3-4-14/h5-7,10,14H,2-4,8-9,11-12H2,1H3. The number of nitrogens with zero attached hydrogens (tertiary/aromatic N) is 6. The van der Waals surface area contributed by atoms with E-state index in [1.54, 1.807) is 4.68 Å². The lowest BCUT2D eigenvalue weighted by Gasteiger charge is -2.22. The fourth-order valence-corrected chi connectivity index (χ4v) is 3.11. The molecule has 1 aliphatic heterocycles. The van der Waals surface area contributed by atoms with Crippen molar-refractivity contribution in [2.75, 3.05) is 31.1 Å². The molecule has 0 radical (unpaired) electrons. The van der Waals surface area contributed by atoms with Gasteiger partial charge in [-0.15, -0.1) is 10.2 Å². The monoisotopic (exact) mass is 326 g/mol. The van der Waals surface area contributed by atoms with Crippen LogP contribution in [0, 0.1) is 12.8 Å². The van der Waals surface area contributed by atoms with Crippen molar-refractivity contribution in [1.82, 2.24) is 24.9 Å². The van der Waals surface area contributed by atoms with Gasteiger partial charge in [-0.2, -0.15) is 5.10 Å². The molecule has 0 N–H and O–H groups in total. The molecule has 2 aromatic heterocycles. The third-order valence-electron chi connectivity index (χ3n) is 4.65. The average Bonchev–Trinajstić information content (AvgIpc) is 3.40. The maximum Gasteiger partial charge on any atom is 0.225 e. The number of carbonyl (C=O) groups is 1. The molecule has 126 valence electrons. The van der Waals surface area contributed by atoms with Crippen LogP contribution in [0.4, 0.5) is 5.82 Å². The van der Waals surface area contributed by atoms with E-state index in [1.807, 2.05) is 36.2 Å². The third kappa shape index (κ3) is 3.11. The molecule has 24 heavy (non-hydrogen) atoms. The van der Waals surface area contributed by atoms with Crippen molar-refractivity contribution in [1.29, 1.82) is 0 Å². The molecule has 7 nitrogen and oxygen atoms in total. The van der Waals surface area contributed by atoms with Gasteiger partial charge < -0.3 is 9.80 Å². The molecule has 0 spiro atoms. The zero-order chi connectivity index (χ0) is 16.5. The Labute approximate surface area is 141 Å². The zero-order valence-electron chi connectivity index (χ0n) is 13.9. The Balaban J connectivity index is 1.43. The minimum atomic E-state index is 0.299. The van der Waals surface area contributed by atoms with Crippen LogP contribution in [0.25, 0.3) is 5.82 Å². The molecule has 0 unspecified atom stereocenters. The van der Waals surface area contributed by atoms with Crippen LogP contribution >= 0.6 is 0 Å². The Kier molecular flexibility index (Phi) is 3.92. The van der Waals surface area contributed by atoms with Gasteiger partial charge in [-0.3, -0.25) is 4.79 Å². The minimum absolute atomic E-state index is 0.299. The largest absolute Gasteiger partial charge is 0.353 e. The molecule has 2 aliphatic rings. The normalized spacial score (nSPS) is 18.5. The first-order valence-electron chi connectivity index (χ1n) is 8.61. The molecule has 2 aromatic rings. The van der Waals surface area contributed by atoms with E-state index < -0.39 is 0 Å². The van der Waals surface area contributed by atoms with Crippen LogP contribution in [0.15, 0.2) is 24.4 Å². The van der Waals surface area contributed by atoms with Gasteiger partial charge in [-0.25, -0.2) is 4.68 Å². The topological polar surface area (TPSA) is 67.2 Å². The summed E-state index contributed by atoms with van der Waals surface area (Å²) >= 11 is 0. The number of anilines is 1. The molecule has 3 heterocycles. The average molecular weight is 326 g/mol. The first kappa shape index (κ1) is 15.1. The number of rotatable bonds is 3. The van der Waals surface area contributed by atoms with Crippen LogP contribution in [0.1, 0.15) is 25.0 Å². The molecule has 1 saturated carbocycles. The summed E-state index contributed by atoms with van der Waals surface area (Å²) in [4.78, 5) is 16.5. The summed E-state index contributed by atoms with van der Waals surface area (Å²) in [7, 11) is 0. The molecule has 2 fully saturated rings. The van der Waals surface area contributed by atoms with Gasteiger partial charge in [-0.05, 0) is 44.4 Å². The number of aryl methyl sites for hydroxylation is 1. The number of hydrogen-bond donors (Lipinski definition) is 0. The van der Waals surface area contributed by atoms with E-state index >= 15 is 0 Å². The van der Waals surface area contributed by atoms with Gasteiger partial charge in [0, 0.05) is 38.3 Å². The Morgan fingerprint density at radius 1 is 1.04 bits per heavy atom. The van der Waals surface area contributed by atoms with Crippen molar-refractivity contribution >= 4 is 11.7 Å². The molecule has 1 amide bonds. The van der Waals surface area contributed by atoms with Crippen LogP contribution in [0.5, 0.6) is 0 Å². The minimum Gasteiger partial charge on any atom is -0.353 e. The highest BCUT2D eigenvalue weighted by atomic mass is 16.2. The Morgan fingerprint density at radius 2 is 1.83 bits per heavy atom. The van der Waals surface area contributed by atoms with Gasteiger partial charge in [-0.1, -0.05) is 0 Å². The van der Waals surface area contributed by atoms with Crippen LogP contribution in [0.3, 0.4) is 0 Å². The lowest BCUT2D eigenvalue weighted by molar-refractivity contribution is -0.132. The predicted octanol–water partition coefficient (Wildman–Crippen LogP) is 1.42. The second-order valence-electron chi connectivity index (χ2n) is 6.59. The van der Waals surface area contributed by atoms with E-state index in [9.17, 15) is 4.79 Å².